The molecule has 0 atom stereocenters. The van der Waals surface area contributed by atoms with Crippen molar-refractivity contribution in [3.63, 3.8) is 0 Å². The van der Waals surface area contributed by atoms with Crippen molar-refractivity contribution < 1.29 is 23.8 Å². The number of hydrogen-bond acceptors (Lipinski definition) is 11. The summed E-state index contributed by atoms with van der Waals surface area (Å²) in [7, 11) is 0. The number of anilines is 1. The molecule has 2 aromatic heterocycles. The van der Waals surface area contributed by atoms with Gasteiger partial charge in [0.1, 0.15) is 5.01 Å². The molecule has 158 valence electrons. The van der Waals surface area contributed by atoms with Crippen molar-refractivity contribution in [2.24, 2.45) is 5.10 Å². The summed E-state index contributed by atoms with van der Waals surface area (Å²) in [6.07, 6.45) is 1.50. The Kier molecular flexibility index (Phi) is 6.75. The largest absolute Gasteiger partial charge is 0.490 e. The number of amides is 1. The van der Waals surface area contributed by atoms with E-state index >= 15 is 0 Å². The van der Waals surface area contributed by atoms with Crippen LogP contribution in [-0.4, -0.2) is 34.1 Å². The molecule has 0 aliphatic carbocycles. The second-order valence-electron chi connectivity index (χ2n) is 5.89. The van der Waals surface area contributed by atoms with E-state index in [1.165, 1.54) is 6.21 Å². The number of aryl methyl sites for hydroxylation is 1. The number of carbonyl (C=O) groups excluding carboxylic acids is 1. The van der Waals surface area contributed by atoms with Gasteiger partial charge in [0.25, 0.3) is 0 Å². The maximum absolute atomic E-state index is 11.9. The quantitative estimate of drug-likeness (QED) is 0.281. The Bertz CT molecular complexity index is 1030. The highest BCUT2D eigenvalue weighted by molar-refractivity contribution is 7.15. The Hall–Kier alpha value is -3.74. The van der Waals surface area contributed by atoms with Gasteiger partial charge >= 0.3 is 0 Å². The number of nitrogens with two attached hydrogens (primary N) is 1. The van der Waals surface area contributed by atoms with E-state index in [0.717, 1.165) is 11.3 Å². The highest BCUT2D eigenvalue weighted by atomic mass is 32.1. The Labute approximate surface area is 174 Å². The molecule has 0 radical (unpaired) electrons. The van der Waals surface area contributed by atoms with E-state index in [9.17, 15) is 10.0 Å². The summed E-state index contributed by atoms with van der Waals surface area (Å²) in [4.78, 5) is 12.2. The van der Waals surface area contributed by atoms with Crippen molar-refractivity contribution in [2.75, 3.05) is 12.3 Å². The molecule has 3 N–H and O–H groups in total. The van der Waals surface area contributed by atoms with Crippen LogP contribution in [0.4, 0.5) is 5.13 Å². The van der Waals surface area contributed by atoms with Crippen LogP contribution in [0.25, 0.3) is 0 Å². The van der Waals surface area contributed by atoms with Crippen LogP contribution >= 0.6 is 11.3 Å². The van der Waals surface area contributed by atoms with Gasteiger partial charge in [-0.25, -0.2) is 5.43 Å². The topological polar surface area (TPSA) is 165 Å². The zero-order valence-corrected chi connectivity index (χ0v) is 17.0. The monoisotopic (exact) mass is 433 g/mol. The molecule has 30 heavy (non-hydrogen) atoms. The number of nitrogen functional groups attached to an aromatic ring is 1. The Morgan fingerprint density at radius 1 is 1.40 bits per heavy atom. The van der Waals surface area contributed by atoms with Gasteiger partial charge < -0.3 is 20.4 Å². The average molecular weight is 433 g/mol. The van der Waals surface area contributed by atoms with E-state index in [1.54, 1.807) is 25.1 Å². The minimum atomic E-state index is -0.345. The highest BCUT2D eigenvalue weighted by Gasteiger charge is 2.16. The molecule has 0 saturated carbocycles. The third kappa shape index (κ3) is 5.41. The summed E-state index contributed by atoms with van der Waals surface area (Å²) in [5.74, 6) is 0.554. The molecule has 0 fully saturated rings. The average Bonchev–Trinajstić information content (AvgIpc) is 3.26. The summed E-state index contributed by atoms with van der Waals surface area (Å²) in [6.45, 7) is 3.86. The molecule has 0 saturated heterocycles. The first-order chi connectivity index (χ1) is 14.5. The SMILES string of the molecule is CCOc1cc(/C=N/NC(=O)Cc2nnc(N)s2)ccc1OCc1c(C)no[n+]1[O-]. The molecule has 1 amide bonds. The third-order valence-corrected chi connectivity index (χ3v) is 4.47. The van der Waals surface area contributed by atoms with E-state index in [2.05, 4.69) is 30.5 Å². The van der Waals surface area contributed by atoms with Crippen LogP contribution in [0.1, 0.15) is 28.9 Å². The number of nitrogens with zero attached hydrogens (tertiary/aromatic N) is 5. The van der Waals surface area contributed by atoms with Gasteiger partial charge in [-0.2, -0.15) is 5.10 Å². The van der Waals surface area contributed by atoms with Gasteiger partial charge in [0.05, 0.1) is 19.2 Å². The minimum Gasteiger partial charge on any atom is -0.490 e. The van der Waals surface area contributed by atoms with Gasteiger partial charge in [0.15, 0.2) is 18.1 Å². The third-order valence-electron chi connectivity index (χ3n) is 3.72. The van der Waals surface area contributed by atoms with Crippen molar-refractivity contribution in [1.82, 2.24) is 20.8 Å². The first-order valence-corrected chi connectivity index (χ1v) is 9.62. The van der Waals surface area contributed by atoms with Crippen molar-refractivity contribution in [3.05, 3.63) is 45.4 Å². The summed E-state index contributed by atoms with van der Waals surface area (Å²) in [6, 6.07) is 5.10. The fourth-order valence-corrected chi connectivity index (χ4v) is 2.93. The van der Waals surface area contributed by atoms with E-state index in [4.69, 9.17) is 15.2 Å². The van der Waals surface area contributed by atoms with Gasteiger partial charge in [-0.15, -0.1) is 10.2 Å². The number of nitrogens with one attached hydrogen (secondary N) is 1. The fraction of sp³-hybridized carbons (Fsp3) is 0.294. The number of benzene rings is 1. The molecule has 12 nitrogen and oxygen atoms in total. The standard InChI is InChI=1S/C17H19N7O5S/c1-3-27-14-6-11(8-19-20-15(25)7-16-21-22-17(18)30-16)4-5-13(14)28-9-12-10(2)23-29-24(12)26/h4-6,8H,3,7,9H2,1-2H3,(H2,18,22)(H,20,25)/b19-8+. The molecule has 2 heterocycles. The Morgan fingerprint density at radius 2 is 2.23 bits per heavy atom. The lowest BCUT2D eigenvalue weighted by Crippen LogP contribution is -2.29. The number of aromatic nitrogens is 4. The van der Waals surface area contributed by atoms with Crippen LogP contribution < -0.4 is 25.5 Å². The maximum atomic E-state index is 11.9. The Balaban J connectivity index is 1.62. The lowest BCUT2D eigenvalue weighted by atomic mass is 10.2. The van der Waals surface area contributed by atoms with Gasteiger partial charge in [0.2, 0.25) is 22.4 Å². The molecule has 0 bridgehead atoms. The smallest absolute Gasteiger partial charge is 0.247 e. The zero-order chi connectivity index (χ0) is 21.5. The van der Waals surface area contributed by atoms with Crippen LogP contribution in [0.5, 0.6) is 11.5 Å². The lowest BCUT2D eigenvalue weighted by Gasteiger charge is -2.11. The molecule has 1 aromatic carbocycles. The van der Waals surface area contributed by atoms with Gasteiger partial charge in [-0.3, -0.25) is 9.42 Å². The van der Waals surface area contributed by atoms with Crippen LogP contribution in [0.15, 0.2) is 27.9 Å². The summed E-state index contributed by atoms with van der Waals surface area (Å²) >= 11 is 1.14. The maximum Gasteiger partial charge on any atom is 0.247 e. The normalized spacial score (nSPS) is 11.0. The summed E-state index contributed by atoms with van der Waals surface area (Å²) < 4.78 is 15.8. The molecule has 0 aliphatic rings. The van der Waals surface area contributed by atoms with E-state index < -0.39 is 0 Å². The molecule has 3 rings (SSSR count). The van der Waals surface area contributed by atoms with Gasteiger partial charge in [0, 0.05) is 12.1 Å². The van der Waals surface area contributed by atoms with Crippen molar-refractivity contribution in [1.29, 1.82) is 0 Å². The van der Waals surface area contributed by atoms with Gasteiger partial charge in [-0.1, -0.05) is 11.3 Å². The molecule has 0 unspecified atom stereocenters. The lowest BCUT2D eigenvalue weighted by molar-refractivity contribution is -0.808. The highest BCUT2D eigenvalue weighted by Crippen LogP contribution is 2.28. The van der Waals surface area contributed by atoms with Gasteiger partial charge in [-0.05, 0) is 35.6 Å². The molecular weight excluding hydrogens is 414 g/mol. The molecular formula is C17H19N7O5S. The van der Waals surface area contributed by atoms with Crippen molar-refractivity contribution >= 4 is 28.6 Å². The second kappa shape index (κ2) is 9.65. The van der Waals surface area contributed by atoms with E-state index in [1.807, 2.05) is 6.92 Å². The number of hydrogen-bond donors (Lipinski definition) is 2. The molecule has 3 aromatic rings. The first-order valence-electron chi connectivity index (χ1n) is 8.81. The van der Waals surface area contributed by atoms with Crippen LogP contribution in [-0.2, 0) is 17.8 Å². The predicted molar refractivity (Wildman–Crippen MR) is 106 cm³/mol. The molecule has 0 spiro atoms. The number of carbonyl (C=O) groups is 1. The molecule has 0 aliphatic heterocycles. The van der Waals surface area contributed by atoms with Crippen molar-refractivity contribution in [2.45, 2.75) is 26.9 Å². The fourth-order valence-electron chi connectivity index (χ4n) is 2.32. The van der Waals surface area contributed by atoms with Crippen molar-refractivity contribution in [3.8, 4) is 11.5 Å². The number of rotatable bonds is 9. The van der Waals surface area contributed by atoms with E-state index in [0.29, 0.717) is 44.4 Å². The first kappa shape index (κ1) is 21.0. The second-order valence-corrected chi connectivity index (χ2v) is 6.99. The van der Waals surface area contributed by atoms with Crippen LogP contribution in [0, 0.1) is 12.1 Å². The summed E-state index contributed by atoms with van der Waals surface area (Å²) in [5.41, 5.74) is 9.28. The van der Waals surface area contributed by atoms with E-state index in [-0.39, 0.29) is 24.6 Å². The van der Waals surface area contributed by atoms with Crippen LogP contribution in [0.2, 0.25) is 0 Å². The predicted octanol–water partition coefficient (Wildman–Crippen LogP) is 0.721. The summed E-state index contributed by atoms with van der Waals surface area (Å²) in [5, 5.41) is 27.3. The Morgan fingerprint density at radius 3 is 2.90 bits per heavy atom. The number of hydrazone groups is 1. The molecule has 13 heteroatoms. The zero-order valence-electron chi connectivity index (χ0n) is 16.2. The van der Waals surface area contributed by atoms with Crippen LogP contribution in [0.3, 0.4) is 0 Å². The number of ether oxygens (including phenoxy) is 2. The minimum absolute atomic E-state index is 0.0292.